The molecule has 0 spiro atoms. The summed E-state index contributed by atoms with van der Waals surface area (Å²) in [5.41, 5.74) is 12.2. The fourth-order valence-electron chi connectivity index (χ4n) is 7.96. The number of furan rings is 1. The van der Waals surface area contributed by atoms with Crippen LogP contribution in [0.25, 0.3) is 106 Å². The van der Waals surface area contributed by atoms with E-state index in [0.717, 1.165) is 83.0 Å². The molecular weight excluding hydrogens is 685 g/mol. The summed E-state index contributed by atoms with van der Waals surface area (Å²) in [7, 11) is 0. The highest BCUT2D eigenvalue weighted by molar-refractivity contribution is 6.21. The smallest absolute Gasteiger partial charge is 0.164 e. The molecule has 0 aliphatic carbocycles. The van der Waals surface area contributed by atoms with Crippen LogP contribution in [0.15, 0.2) is 199 Å². The predicted octanol–water partition coefficient (Wildman–Crippen LogP) is 13.2. The van der Waals surface area contributed by atoms with Gasteiger partial charge in [-0.3, -0.25) is 0 Å². The Balaban J connectivity index is 1.15. The van der Waals surface area contributed by atoms with Crippen LogP contribution >= 0.6 is 0 Å². The zero-order valence-electron chi connectivity index (χ0n) is 30.2. The lowest BCUT2D eigenvalue weighted by Crippen LogP contribution is -2.00. The highest BCUT2D eigenvalue weighted by Crippen LogP contribution is 2.42. The van der Waals surface area contributed by atoms with E-state index in [9.17, 15) is 0 Å². The molecule has 0 saturated heterocycles. The molecule has 0 aliphatic rings. The largest absolute Gasteiger partial charge is 0.454 e. The number of hydrogen-bond acceptors (Lipinski definition) is 4. The van der Waals surface area contributed by atoms with Gasteiger partial charge >= 0.3 is 0 Å². The first-order chi connectivity index (χ1) is 27.7. The van der Waals surface area contributed by atoms with Gasteiger partial charge in [-0.15, -0.1) is 0 Å². The molecule has 0 bridgehead atoms. The third-order valence-corrected chi connectivity index (χ3v) is 10.6. The Kier molecular flexibility index (Phi) is 7.42. The van der Waals surface area contributed by atoms with Crippen molar-refractivity contribution in [1.29, 1.82) is 0 Å². The second kappa shape index (κ2) is 13.0. The molecule has 0 fully saturated rings. The molecule has 0 unspecified atom stereocenters. The van der Waals surface area contributed by atoms with E-state index >= 15 is 0 Å². The van der Waals surface area contributed by atoms with Crippen molar-refractivity contribution in [2.45, 2.75) is 0 Å². The summed E-state index contributed by atoms with van der Waals surface area (Å²) in [6.45, 7) is 0. The molecule has 0 N–H and O–H groups in total. The number of aromatic nitrogens is 4. The minimum absolute atomic E-state index is 0.607. The highest BCUT2D eigenvalue weighted by atomic mass is 16.3. The summed E-state index contributed by atoms with van der Waals surface area (Å²) >= 11 is 0. The Bertz CT molecular complexity index is 3110. The molecule has 11 rings (SSSR count). The van der Waals surface area contributed by atoms with Gasteiger partial charge in [0, 0.05) is 43.9 Å². The Hall–Kier alpha value is -7.63. The van der Waals surface area contributed by atoms with Gasteiger partial charge in [-0.05, 0) is 70.8 Å². The monoisotopic (exact) mass is 716 g/mol. The minimum Gasteiger partial charge on any atom is -0.454 e. The Labute approximate surface area is 322 Å². The molecule has 5 heteroatoms. The van der Waals surface area contributed by atoms with E-state index in [1.54, 1.807) is 0 Å². The lowest BCUT2D eigenvalue weighted by molar-refractivity contribution is 0.671. The second-order valence-electron chi connectivity index (χ2n) is 14.0. The zero-order chi connectivity index (χ0) is 37.0. The molecule has 0 radical (unpaired) electrons. The summed E-state index contributed by atoms with van der Waals surface area (Å²) < 4.78 is 9.26. The number of nitrogens with zero attached hydrogens (tertiary/aromatic N) is 4. The fraction of sp³-hybridized carbons (Fsp3) is 0. The van der Waals surface area contributed by atoms with E-state index in [1.165, 1.54) is 5.39 Å². The van der Waals surface area contributed by atoms with Crippen molar-refractivity contribution < 1.29 is 4.42 Å². The number of hydrogen-bond donors (Lipinski definition) is 0. The van der Waals surface area contributed by atoms with Crippen LogP contribution < -0.4 is 0 Å². The van der Waals surface area contributed by atoms with E-state index < -0.39 is 0 Å². The number of fused-ring (bicyclic) bond motifs is 7. The lowest BCUT2D eigenvalue weighted by atomic mass is 9.98. The van der Waals surface area contributed by atoms with Crippen molar-refractivity contribution >= 4 is 43.7 Å². The maximum Gasteiger partial charge on any atom is 0.164 e. The van der Waals surface area contributed by atoms with Crippen LogP contribution in [-0.2, 0) is 0 Å². The van der Waals surface area contributed by atoms with Crippen molar-refractivity contribution in [3.05, 3.63) is 194 Å². The molecule has 3 aromatic heterocycles. The topological polar surface area (TPSA) is 56.7 Å². The standard InChI is InChI=1S/C51H32N4O/c1-5-15-33(16-6-1)38-29-39(34-17-7-2-8-18-34)31-40(30-38)55-45-24-14-13-23-41(45)42-26-27-43-44-32-37(25-28-46(44)56-48(43)47(42)55)51-53-49(35-19-9-3-10-20-35)52-50(54-51)36-21-11-4-12-22-36/h1-32H. The molecule has 3 heterocycles. The van der Waals surface area contributed by atoms with Crippen LogP contribution in [0, 0.1) is 0 Å². The molecule has 0 atom stereocenters. The maximum atomic E-state index is 6.89. The zero-order valence-corrected chi connectivity index (χ0v) is 30.2. The molecule has 11 aromatic rings. The summed E-state index contributed by atoms with van der Waals surface area (Å²) in [5.74, 6) is 1.87. The van der Waals surface area contributed by atoms with Crippen LogP contribution in [0.3, 0.4) is 0 Å². The molecule has 0 saturated carbocycles. The number of benzene rings is 8. The van der Waals surface area contributed by atoms with Gasteiger partial charge in [-0.2, -0.15) is 0 Å². The van der Waals surface area contributed by atoms with E-state index in [-0.39, 0.29) is 0 Å². The Morgan fingerprint density at radius 3 is 1.43 bits per heavy atom. The molecule has 0 aliphatic heterocycles. The molecular formula is C51H32N4O. The van der Waals surface area contributed by atoms with Gasteiger partial charge in [0.25, 0.3) is 0 Å². The van der Waals surface area contributed by atoms with Crippen molar-refractivity contribution in [2.24, 2.45) is 0 Å². The SMILES string of the molecule is c1ccc(-c2cc(-c3ccccc3)cc(-n3c4ccccc4c4ccc5c6cc(-c7nc(-c8ccccc8)nc(-c8ccccc8)n7)ccc6oc5c43)c2)cc1. The molecule has 0 amide bonds. The number of para-hydroxylation sites is 1. The van der Waals surface area contributed by atoms with E-state index in [4.69, 9.17) is 19.4 Å². The summed E-state index contributed by atoms with van der Waals surface area (Å²) in [6, 6.07) is 67.5. The average Bonchev–Trinajstić information content (AvgIpc) is 3.83. The second-order valence-corrected chi connectivity index (χ2v) is 14.0. The van der Waals surface area contributed by atoms with Crippen LogP contribution in [-0.4, -0.2) is 19.5 Å². The number of rotatable bonds is 6. The first-order valence-corrected chi connectivity index (χ1v) is 18.8. The van der Waals surface area contributed by atoms with Gasteiger partial charge in [-0.1, -0.05) is 146 Å². The normalized spacial score (nSPS) is 11.6. The Morgan fingerprint density at radius 2 is 0.839 bits per heavy atom. The summed E-state index contributed by atoms with van der Waals surface area (Å²) in [4.78, 5) is 14.9. The fourth-order valence-corrected chi connectivity index (χ4v) is 7.96. The van der Waals surface area contributed by atoms with E-state index in [2.05, 4.69) is 126 Å². The van der Waals surface area contributed by atoms with Crippen molar-refractivity contribution in [3.8, 4) is 62.1 Å². The summed E-state index contributed by atoms with van der Waals surface area (Å²) in [5, 5.41) is 4.34. The van der Waals surface area contributed by atoms with Crippen LogP contribution in [0.2, 0.25) is 0 Å². The summed E-state index contributed by atoms with van der Waals surface area (Å²) in [6.07, 6.45) is 0. The van der Waals surface area contributed by atoms with Crippen molar-refractivity contribution in [2.75, 3.05) is 0 Å². The van der Waals surface area contributed by atoms with Crippen molar-refractivity contribution in [1.82, 2.24) is 19.5 Å². The van der Waals surface area contributed by atoms with Gasteiger partial charge in [0.05, 0.1) is 11.0 Å². The molecule has 8 aromatic carbocycles. The van der Waals surface area contributed by atoms with Gasteiger partial charge in [-0.25, -0.2) is 15.0 Å². The van der Waals surface area contributed by atoms with E-state index in [0.29, 0.717) is 17.5 Å². The molecule has 5 nitrogen and oxygen atoms in total. The lowest BCUT2D eigenvalue weighted by Gasteiger charge is -2.14. The van der Waals surface area contributed by atoms with Crippen LogP contribution in [0.1, 0.15) is 0 Å². The third kappa shape index (κ3) is 5.37. The molecule has 262 valence electrons. The third-order valence-electron chi connectivity index (χ3n) is 10.6. The van der Waals surface area contributed by atoms with Gasteiger partial charge < -0.3 is 8.98 Å². The maximum absolute atomic E-state index is 6.89. The first-order valence-electron chi connectivity index (χ1n) is 18.8. The minimum atomic E-state index is 0.607. The molecule has 56 heavy (non-hydrogen) atoms. The van der Waals surface area contributed by atoms with Crippen LogP contribution in [0.5, 0.6) is 0 Å². The first kappa shape index (κ1) is 31.9. The van der Waals surface area contributed by atoms with Gasteiger partial charge in [0.1, 0.15) is 5.58 Å². The Morgan fingerprint density at radius 1 is 0.339 bits per heavy atom. The van der Waals surface area contributed by atoms with Crippen LogP contribution in [0.4, 0.5) is 0 Å². The van der Waals surface area contributed by atoms with Gasteiger partial charge in [0.15, 0.2) is 23.1 Å². The highest BCUT2D eigenvalue weighted by Gasteiger charge is 2.21. The van der Waals surface area contributed by atoms with Crippen molar-refractivity contribution in [3.63, 3.8) is 0 Å². The van der Waals surface area contributed by atoms with Gasteiger partial charge in [0.2, 0.25) is 0 Å². The average molecular weight is 717 g/mol. The quantitative estimate of drug-likeness (QED) is 0.172. The predicted molar refractivity (Wildman–Crippen MR) is 229 cm³/mol. The van der Waals surface area contributed by atoms with E-state index in [1.807, 2.05) is 72.8 Å².